The zero-order valence-electron chi connectivity index (χ0n) is 16.5. The van der Waals surface area contributed by atoms with Gasteiger partial charge < -0.3 is 14.9 Å². The van der Waals surface area contributed by atoms with Crippen LogP contribution in [0.15, 0.2) is 0 Å². The van der Waals surface area contributed by atoms with Crippen LogP contribution in [0.4, 0.5) is 0 Å². The summed E-state index contributed by atoms with van der Waals surface area (Å²) in [5.41, 5.74) is -1.20. The molecule has 6 atom stereocenters. The zero-order valence-corrected chi connectivity index (χ0v) is 16.5. The van der Waals surface area contributed by atoms with Crippen LogP contribution in [0.5, 0.6) is 0 Å². The van der Waals surface area contributed by atoms with Gasteiger partial charge in [0, 0.05) is 0 Å². The van der Waals surface area contributed by atoms with Crippen molar-refractivity contribution >= 4 is 0 Å². The highest BCUT2D eigenvalue weighted by molar-refractivity contribution is 4.93. The Labute approximate surface area is 143 Å². The lowest BCUT2D eigenvalue weighted by atomic mass is 9.72. The summed E-state index contributed by atoms with van der Waals surface area (Å²) in [6.07, 6.45) is 6.71. The largest absolute Gasteiger partial charge is 0.390 e. The molecule has 2 N–H and O–H groups in total. The van der Waals surface area contributed by atoms with Gasteiger partial charge in [-0.25, -0.2) is 0 Å². The molecule has 0 bridgehead atoms. The van der Waals surface area contributed by atoms with E-state index in [1.807, 2.05) is 27.7 Å². The van der Waals surface area contributed by atoms with Crippen molar-refractivity contribution in [1.29, 1.82) is 0 Å². The first kappa shape index (κ1) is 20.9. The van der Waals surface area contributed by atoms with Crippen LogP contribution < -0.4 is 0 Å². The molecule has 0 aromatic carbocycles. The molecule has 0 saturated carbocycles. The van der Waals surface area contributed by atoms with Crippen LogP contribution in [0.3, 0.4) is 0 Å². The molecule has 0 spiro atoms. The lowest BCUT2D eigenvalue weighted by molar-refractivity contribution is -0.0926. The molecule has 0 amide bonds. The second-order valence-corrected chi connectivity index (χ2v) is 8.81. The molecule has 0 aromatic heterocycles. The molecule has 1 aliphatic heterocycles. The SMILES string of the molecule is CCC(C)(O)CC(C)C1CCC(C(C)(CC)CC(C)(O)CC)O1. The lowest BCUT2D eigenvalue weighted by Gasteiger charge is -2.40. The van der Waals surface area contributed by atoms with Gasteiger partial charge in [-0.1, -0.05) is 34.6 Å². The van der Waals surface area contributed by atoms with Gasteiger partial charge >= 0.3 is 0 Å². The van der Waals surface area contributed by atoms with E-state index in [-0.39, 0.29) is 17.6 Å². The number of hydrogen-bond acceptors (Lipinski definition) is 3. The maximum Gasteiger partial charge on any atom is 0.0634 e. The van der Waals surface area contributed by atoms with E-state index >= 15 is 0 Å². The van der Waals surface area contributed by atoms with E-state index in [0.717, 1.165) is 44.9 Å². The van der Waals surface area contributed by atoms with Crippen LogP contribution in [0.25, 0.3) is 0 Å². The lowest BCUT2D eigenvalue weighted by Crippen LogP contribution is -2.40. The Morgan fingerprint density at radius 3 is 2.00 bits per heavy atom. The first-order chi connectivity index (χ1) is 10.5. The summed E-state index contributed by atoms with van der Waals surface area (Å²) in [6, 6.07) is 0. The van der Waals surface area contributed by atoms with E-state index in [9.17, 15) is 10.2 Å². The van der Waals surface area contributed by atoms with Crippen LogP contribution >= 0.6 is 0 Å². The van der Waals surface area contributed by atoms with Crippen molar-refractivity contribution in [2.45, 2.75) is 117 Å². The minimum atomic E-state index is -0.621. The van der Waals surface area contributed by atoms with Crippen molar-refractivity contribution in [1.82, 2.24) is 0 Å². The average Bonchev–Trinajstić information content (AvgIpc) is 2.97. The third-order valence-corrected chi connectivity index (χ3v) is 6.34. The van der Waals surface area contributed by atoms with Crippen molar-refractivity contribution < 1.29 is 14.9 Å². The predicted molar refractivity (Wildman–Crippen MR) is 96.5 cm³/mol. The number of ether oxygens (including phenoxy) is 1. The van der Waals surface area contributed by atoms with Gasteiger partial charge in [0.05, 0.1) is 23.4 Å². The van der Waals surface area contributed by atoms with Crippen LogP contribution in [-0.2, 0) is 4.74 Å². The fraction of sp³-hybridized carbons (Fsp3) is 1.00. The highest BCUT2D eigenvalue weighted by Gasteiger charge is 2.44. The summed E-state index contributed by atoms with van der Waals surface area (Å²) in [6.45, 7) is 14.6. The van der Waals surface area contributed by atoms with Crippen molar-refractivity contribution in [2.75, 3.05) is 0 Å². The van der Waals surface area contributed by atoms with Crippen LogP contribution in [0.2, 0.25) is 0 Å². The molecule has 1 fully saturated rings. The van der Waals surface area contributed by atoms with Gasteiger partial charge in [-0.15, -0.1) is 0 Å². The summed E-state index contributed by atoms with van der Waals surface area (Å²) < 4.78 is 6.44. The van der Waals surface area contributed by atoms with Gasteiger partial charge in [0.1, 0.15) is 0 Å². The molecule has 6 unspecified atom stereocenters. The number of aliphatic hydroxyl groups is 2. The molecular weight excluding hydrogens is 288 g/mol. The van der Waals surface area contributed by atoms with Crippen molar-refractivity contribution in [3.05, 3.63) is 0 Å². The molecule has 0 radical (unpaired) electrons. The van der Waals surface area contributed by atoms with E-state index in [1.165, 1.54) is 0 Å². The summed E-state index contributed by atoms with van der Waals surface area (Å²) in [5, 5.41) is 20.8. The molecule has 0 aliphatic carbocycles. The highest BCUT2D eigenvalue weighted by atomic mass is 16.5. The molecule has 1 rings (SSSR count). The second kappa shape index (κ2) is 7.84. The van der Waals surface area contributed by atoms with Gasteiger partial charge in [-0.3, -0.25) is 0 Å². The number of hydrogen-bond donors (Lipinski definition) is 2. The molecule has 3 nitrogen and oxygen atoms in total. The Morgan fingerprint density at radius 1 is 0.957 bits per heavy atom. The van der Waals surface area contributed by atoms with Gasteiger partial charge in [0.15, 0.2) is 0 Å². The molecule has 23 heavy (non-hydrogen) atoms. The van der Waals surface area contributed by atoms with Crippen molar-refractivity contribution in [3.8, 4) is 0 Å². The average molecular weight is 329 g/mol. The second-order valence-electron chi connectivity index (χ2n) is 8.81. The highest BCUT2D eigenvalue weighted by Crippen LogP contribution is 2.44. The minimum Gasteiger partial charge on any atom is -0.390 e. The topological polar surface area (TPSA) is 49.7 Å². The fourth-order valence-electron chi connectivity index (χ4n) is 4.03. The fourth-order valence-corrected chi connectivity index (χ4v) is 4.03. The van der Waals surface area contributed by atoms with Crippen LogP contribution in [0, 0.1) is 11.3 Å². The zero-order chi connectivity index (χ0) is 17.9. The molecular formula is C20H40O3. The maximum atomic E-state index is 10.5. The van der Waals surface area contributed by atoms with E-state index in [1.54, 1.807) is 0 Å². The third-order valence-electron chi connectivity index (χ3n) is 6.34. The van der Waals surface area contributed by atoms with Gasteiger partial charge in [-0.05, 0) is 70.1 Å². The van der Waals surface area contributed by atoms with Crippen LogP contribution in [-0.4, -0.2) is 33.6 Å². The Bertz CT molecular complexity index is 364. The summed E-state index contributed by atoms with van der Waals surface area (Å²) in [7, 11) is 0. The summed E-state index contributed by atoms with van der Waals surface area (Å²) in [5.74, 6) is 0.364. The first-order valence-corrected chi connectivity index (χ1v) is 9.59. The minimum absolute atomic E-state index is 0.0151. The predicted octanol–water partition coefficient (Wildman–Crippen LogP) is 4.69. The third kappa shape index (κ3) is 5.72. The molecule has 1 heterocycles. The Hall–Kier alpha value is -0.120. The van der Waals surface area contributed by atoms with E-state index in [4.69, 9.17) is 4.74 Å². The van der Waals surface area contributed by atoms with E-state index in [0.29, 0.717) is 5.92 Å². The maximum absolute atomic E-state index is 10.5. The first-order valence-electron chi connectivity index (χ1n) is 9.59. The van der Waals surface area contributed by atoms with E-state index < -0.39 is 11.2 Å². The van der Waals surface area contributed by atoms with Gasteiger partial charge in [0.25, 0.3) is 0 Å². The Balaban J connectivity index is 2.70. The molecule has 3 heteroatoms. The summed E-state index contributed by atoms with van der Waals surface area (Å²) in [4.78, 5) is 0. The monoisotopic (exact) mass is 328 g/mol. The molecule has 1 saturated heterocycles. The van der Waals surface area contributed by atoms with Gasteiger partial charge in [-0.2, -0.15) is 0 Å². The molecule has 0 aromatic rings. The molecule has 1 aliphatic rings. The van der Waals surface area contributed by atoms with Gasteiger partial charge in [0.2, 0.25) is 0 Å². The normalized spacial score (nSPS) is 31.2. The quantitative estimate of drug-likeness (QED) is 0.645. The van der Waals surface area contributed by atoms with Crippen molar-refractivity contribution in [2.24, 2.45) is 11.3 Å². The Kier molecular flexibility index (Phi) is 7.13. The summed E-state index contributed by atoms with van der Waals surface area (Å²) >= 11 is 0. The van der Waals surface area contributed by atoms with Crippen molar-refractivity contribution in [3.63, 3.8) is 0 Å². The standard InChI is InChI=1S/C20H40O3/c1-8-18(5,14-20(7,22)10-3)17-12-11-16(23-17)15(4)13-19(6,21)9-2/h15-17,21-22H,8-14H2,1-7H3. The number of rotatable bonds is 9. The van der Waals surface area contributed by atoms with Crippen LogP contribution in [0.1, 0.15) is 93.4 Å². The van der Waals surface area contributed by atoms with E-state index in [2.05, 4.69) is 20.8 Å². The smallest absolute Gasteiger partial charge is 0.0634 e. The molecule has 138 valence electrons. The Morgan fingerprint density at radius 2 is 1.52 bits per heavy atom.